The third kappa shape index (κ3) is 4.47. The summed E-state index contributed by atoms with van der Waals surface area (Å²) in [4.78, 5) is 23.0. The number of ether oxygens (including phenoxy) is 4. The van der Waals surface area contributed by atoms with Gasteiger partial charge < -0.3 is 43.4 Å². The summed E-state index contributed by atoms with van der Waals surface area (Å²) in [5, 5.41) is 11.0. The van der Waals surface area contributed by atoms with Gasteiger partial charge in [0.25, 0.3) is 5.56 Å². The van der Waals surface area contributed by atoms with Gasteiger partial charge in [-0.3, -0.25) is 14.3 Å². The quantitative estimate of drug-likeness (QED) is 0.199. The van der Waals surface area contributed by atoms with E-state index in [1.54, 1.807) is 28.8 Å². The normalized spacial score (nSPS) is 20.8. The molecule has 16 heteroatoms. The molecule has 0 bridgehead atoms. The number of nitrogens with two attached hydrogens (primary N) is 1. The van der Waals surface area contributed by atoms with Crippen molar-refractivity contribution in [2.45, 2.75) is 18.6 Å². The van der Waals surface area contributed by atoms with E-state index in [1.807, 2.05) is 0 Å². The zero-order chi connectivity index (χ0) is 29.0. The number of phosphoric acid groups is 1. The number of nitrogens with one attached hydrogen (secondary N) is 1. The topological polar surface area (TPSA) is 192 Å². The molecular formula is C26H24N5O10P. The van der Waals surface area contributed by atoms with Crippen molar-refractivity contribution in [1.82, 2.24) is 19.5 Å². The zero-order valence-corrected chi connectivity index (χ0v) is 22.7. The lowest BCUT2D eigenvalue weighted by molar-refractivity contribution is 0.0963. The molecule has 1 aliphatic carbocycles. The average molecular weight is 597 g/mol. The van der Waals surface area contributed by atoms with E-state index in [0.717, 1.165) is 0 Å². The van der Waals surface area contributed by atoms with Crippen LogP contribution in [0.1, 0.15) is 12.5 Å². The van der Waals surface area contributed by atoms with Gasteiger partial charge in [-0.1, -0.05) is 18.7 Å². The number of aliphatic hydroxyl groups is 1. The number of aliphatic hydroxyl groups excluding tert-OH is 1. The molecule has 4 heterocycles. The minimum Gasteiger partial charge on any atom is -0.453 e. The van der Waals surface area contributed by atoms with Gasteiger partial charge in [-0.05, 0) is 36.3 Å². The molecule has 0 unspecified atom stereocenters. The van der Waals surface area contributed by atoms with Gasteiger partial charge in [-0.25, -0.2) is 9.55 Å². The van der Waals surface area contributed by atoms with Gasteiger partial charge in [0.2, 0.25) is 31.0 Å². The van der Waals surface area contributed by atoms with Crippen LogP contribution in [0.4, 0.5) is 5.95 Å². The number of nitrogens with zero attached hydrogens (tertiary/aromatic N) is 3. The summed E-state index contributed by atoms with van der Waals surface area (Å²) in [6, 6.07) is 9.19. The minimum absolute atomic E-state index is 0.0378. The Labute approximate surface area is 237 Å². The SMILES string of the molecule is C=C1[C@@H](COP(=O)(Oc2cccc3c2OCO3)Oc2cccc3c2OCO3)[C@H](O)C[C@H]1n1cnc2c(=O)[nH]c(N)nc21. The molecule has 42 heavy (non-hydrogen) atoms. The Bertz CT molecular complexity index is 1760. The highest BCUT2D eigenvalue weighted by Gasteiger charge is 2.42. The summed E-state index contributed by atoms with van der Waals surface area (Å²) < 4.78 is 55.2. The van der Waals surface area contributed by atoms with Gasteiger partial charge in [0.1, 0.15) is 0 Å². The van der Waals surface area contributed by atoms with E-state index >= 15 is 0 Å². The van der Waals surface area contributed by atoms with Gasteiger partial charge in [-0.15, -0.1) is 0 Å². The van der Waals surface area contributed by atoms with E-state index in [4.69, 9.17) is 38.3 Å². The van der Waals surface area contributed by atoms with Crippen LogP contribution in [0.3, 0.4) is 0 Å². The van der Waals surface area contributed by atoms with E-state index < -0.39 is 31.4 Å². The first kappa shape index (κ1) is 26.2. The van der Waals surface area contributed by atoms with Crippen LogP contribution in [0, 0.1) is 5.92 Å². The second-order valence-electron chi connectivity index (χ2n) is 9.68. The van der Waals surface area contributed by atoms with Crippen LogP contribution in [0.25, 0.3) is 11.2 Å². The molecule has 1 saturated carbocycles. The number of H-pyrrole nitrogens is 1. The number of fused-ring (bicyclic) bond motifs is 3. The van der Waals surface area contributed by atoms with E-state index in [1.165, 1.54) is 18.5 Å². The van der Waals surface area contributed by atoms with Crippen LogP contribution >= 0.6 is 7.82 Å². The van der Waals surface area contributed by atoms with Crippen molar-refractivity contribution in [3.05, 3.63) is 65.2 Å². The molecular weight excluding hydrogens is 573 g/mol. The summed E-state index contributed by atoms with van der Waals surface area (Å²) in [6.07, 6.45) is 0.682. The summed E-state index contributed by atoms with van der Waals surface area (Å²) in [5.41, 5.74) is 6.12. The smallest absolute Gasteiger partial charge is 0.453 e. The molecule has 7 rings (SSSR count). The van der Waals surface area contributed by atoms with Gasteiger partial charge >= 0.3 is 7.82 Å². The number of rotatable bonds is 8. The van der Waals surface area contributed by atoms with Gasteiger partial charge in [0, 0.05) is 5.92 Å². The maximum atomic E-state index is 14.2. The third-order valence-electron chi connectivity index (χ3n) is 7.17. The van der Waals surface area contributed by atoms with Gasteiger partial charge in [0.15, 0.2) is 34.2 Å². The molecule has 15 nitrogen and oxygen atoms in total. The Morgan fingerprint density at radius 1 is 1.07 bits per heavy atom. The summed E-state index contributed by atoms with van der Waals surface area (Å²) in [7, 11) is -4.48. The fraction of sp³-hybridized carbons (Fsp3) is 0.269. The number of aromatic amines is 1. The van der Waals surface area contributed by atoms with Gasteiger partial charge in [0.05, 0.1) is 25.1 Å². The van der Waals surface area contributed by atoms with Crippen LogP contribution in [-0.2, 0) is 9.09 Å². The minimum atomic E-state index is -4.48. The Kier molecular flexibility index (Phi) is 6.22. The van der Waals surface area contributed by atoms with E-state index in [-0.39, 0.29) is 66.7 Å². The lowest BCUT2D eigenvalue weighted by Gasteiger charge is -2.23. The number of hydrogen-bond acceptors (Lipinski definition) is 13. The fourth-order valence-electron chi connectivity index (χ4n) is 5.15. The van der Waals surface area contributed by atoms with E-state index in [0.29, 0.717) is 17.1 Å². The van der Waals surface area contributed by atoms with Crippen molar-refractivity contribution < 1.29 is 42.2 Å². The van der Waals surface area contributed by atoms with Crippen molar-refractivity contribution >= 4 is 24.9 Å². The number of phosphoric ester groups is 1. The van der Waals surface area contributed by atoms with Crippen molar-refractivity contribution in [2.24, 2.45) is 5.92 Å². The molecule has 0 radical (unpaired) electrons. The standard InChI is InChI=1S/C26H24N5O10P/c1-13-14(16(32)8-15(13)31-10-28-21-24(31)29-26(27)30-25(21)33)9-39-42(34,40-19-6-2-4-17-22(19)37-11-35-17)41-20-7-3-5-18-23(20)38-12-36-18/h2-7,10,14-16,32H,1,8-9,11-12H2,(H3,27,29,30,33)/t14-,15-,16-/m1/s1. The molecule has 4 N–H and O–H groups in total. The van der Waals surface area contributed by atoms with E-state index in [2.05, 4.69) is 21.5 Å². The number of benzene rings is 2. The summed E-state index contributed by atoms with van der Waals surface area (Å²) >= 11 is 0. The van der Waals surface area contributed by atoms with Crippen molar-refractivity contribution in [3.63, 3.8) is 0 Å². The summed E-state index contributed by atoms with van der Waals surface area (Å²) in [6.45, 7) is 3.79. The molecule has 2 aliphatic heterocycles. The second kappa shape index (κ2) is 9.98. The monoisotopic (exact) mass is 597 g/mol. The molecule has 2 aromatic heterocycles. The second-order valence-corrected chi connectivity index (χ2v) is 11.2. The number of imidazole rings is 1. The fourth-order valence-corrected chi connectivity index (χ4v) is 6.41. The Hall–Kier alpha value is -4.72. The van der Waals surface area contributed by atoms with Gasteiger partial charge in [-0.2, -0.15) is 4.98 Å². The van der Waals surface area contributed by atoms with Crippen LogP contribution in [0.2, 0.25) is 0 Å². The van der Waals surface area contributed by atoms with Crippen LogP contribution in [0.15, 0.2) is 59.7 Å². The molecule has 2 aromatic carbocycles. The molecule has 218 valence electrons. The number of hydrogen-bond donors (Lipinski definition) is 3. The number of anilines is 1. The maximum absolute atomic E-state index is 14.2. The van der Waals surface area contributed by atoms with Crippen molar-refractivity contribution in [1.29, 1.82) is 0 Å². The first-order chi connectivity index (χ1) is 20.3. The highest BCUT2D eigenvalue weighted by molar-refractivity contribution is 7.49. The average Bonchev–Trinajstić information content (AvgIpc) is 3.75. The molecule has 0 amide bonds. The number of para-hydroxylation sites is 2. The predicted molar refractivity (Wildman–Crippen MR) is 145 cm³/mol. The largest absolute Gasteiger partial charge is 0.587 e. The number of nitrogen functional groups attached to an aromatic ring is 1. The number of aromatic nitrogens is 4. The molecule has 3 atom stereocenters. The Morgan fingerprint density at radius 3 is 2.36 bits per heavy atom. The molecule has 0 spiro atoms. The Morgan fingerprint density at radius 2 is 1.71 bits per heavy atom. The maximum Gasteiger partial charge on any atom is 0.587 e. The molecule has 3 aliphatic rings. The van der Waals surface area contributed by atoms with Crippen molar-refractivity contribution in [3.8, 4) is 34.5 Å². The Balaban J connectivity index is 1.17. The zero-order valence-electron chi connectivity index (χ0n) is 21.8. The first-order valence-corrected chi connectivity index (χ1v) is 14.3. The molecule has 0 saturated heterocycles. The highest BCUT2D eigenvalue weighted by Crippen LogP contribution is 2.57. The highest BCUT2D eigenvalue weighted by atomic mass is 31.2. The summed E-state index contributed by atoms with van der Waals surface area (Å²) in [5.74, 6) is 0.648. The van der Waals surface area contributed by atoms with Crippen LogP contribution in [-0.4, -0.2) is 50.9 Å². The first-order valence-electron chi connectivity index (χ1n) is 12.8. The predicted octanol–water partition coefficient (Wildman–Crippen LogP) is 2.92. The van der Waals surface area contributed by atoms with Crippen LogP contribution in [0.5, 0.6) is 34.5 Å². The molecule has 1 fully saturated rings. The molecule has 4 aromatic rings. The lowest BCUT2D eigenvalue weighted by atomic mass is 10.0. The lowest BCUT2D eigenvalue weighted by Crippen LogP contribution is -2.21. The van der Waals surface area contributed by atoms with Crippen molar-refractivity contribution in [2.75, 3.05) is 25.9 Å². The third-order valence-corrected chi connectivity index (χ3v) is 8.48. The van der Waals surface area contributed by atoms with Crippen LogP contribution < -0.4 is 39.3 Å². The van der Waals surface area contributed by atoms with E-state index in [9.17, 15) is 14.5 Å².